The summed E-state index contributed by atoms with van der Waals surface area (Å²) in [5.41, 5.74) is 0.730. The highest BCUT2D eigenvalue weighted by molar-refractivity contribution is 5.88. The van der Waals surface area contributed by atoms with Gasteiger partial charge in [0.15, 0.2) is 6.10 Å². The van der Waals surface area contributed by atoms with E-state index in [2.05, 4.69) is 5.32 Å². The maximum absolute atomic E-state index is 12.7. The van der Waals surface area contributed by atoms with E-state index < -0.39 is 36.7 Å². The summed E-state index contributed by atoms with van der Waals surface area (Å²) < 4.78 is 5.22. The third kappa shape index (κ3) is 6.58. The Hall–Kier alpha value is -3.33. The number of methoxy groups -OCH3 is 1. The molecule has 2 aromatic carbocycles. The van der Waals surface area contributed by atoms with Gasteiger partial charge in [-0.1, -0.05) is 38.1 Å². The monoisotopic (exact) mass is 432 g/mol. The van der Waals surface area contributed by atoms with Crippen LogP contribution in [0, 0.1) is 5.92 Å². The first-order valence-electron chi connectivity index (χ1n) is 9.87. The van der Waals surface area contributed by atoms with Crippen LogP contribution in [0.25, 0.3) is 10.8 Å². The molecule has 0 saturated carbocycles. The molecule has 0 aliphatic heterocycles. The molecule has 4 N–H and O–H groups in total. The van der Waals surface area contributed by atoms with Gasteiger partial charge >= 0.3 is 18.0 Å². The molecule has 2 atom stereocenters. The number of carboxylic acids is 2. The molecule has 0 aromatic heterocycles. The lowest BCUT2D eigenvalue weighted by atomic mass is 9.98. The molecule has 0 aliphatic carbocycles. The molecule has 2 amide bonds. The van der Waals surface area contributed by atoms with E-state index in [1.54, 1.807) is 25.3 Å². The van der Waals surface area contributed by atoms with Crippen molar-refractivity contribution in [2.75, 3.05) is 20.2 Å². The van der Waals surface area contributed by atoms with Gasteiger partial charge in [0, 0.05) is 13.0 Å². The number of aliphatic hydroxyl groups excluding tert-OH is 1. The van der Waals surface area contributed by atoms with Crippen molar-refractivity contribution in [3.05, 3.63) is 42.0 Å². The third-order valence-electron chi connectivity index (χ3n) is 4.75. The molecule has 168 valence electrons. The van der Waals surface area contributed by atoms with Gasteiger partial charge in [-0.05, 0) is 34.4 Å². The van der Waals surface area contributed by atoms with E-state index in [-0.39, 0.29) is 18.9 Å². The molecule has 0 aliphatic rings. The molecule has 0 saturated heterocycles. The predicted octanol–water partition coefficient (Wildman–Crippen LogP) is 1.96. The third-order valence-corrected chi connectivity index (χ3v) is 4.75. The molecule has 2 rings (SSSR count). The molecule has 0 unspecified atom stereocenters. The number of rotatable bonds is 10. The second-order valence-corrected chi connectivity index (χ2v) is 7.70. The lowest BCUT2D eigenvalue weighted by Crippen LogP contribution is -2.52. The number of amides is 2. The molecule has 0 fully saturated rings. The van der Waals surface area contributed by atoms with Gasteiger partial charge in [0.05, 0.1) is 13.7 Å². The van der Waals surface area contributed by atoms with Crippen LogP contribution in [0.2, 0.25) is 0 Å². The van der Waals surface area contributed by atoms with Gasteiger partial charge < -0.3 is 30.3 Å². The second-order valence-electron chi connectivity index (χ2n) is 7.70. The number of hydrogen-bond donors (Lipinski definition) is 4. The van der Waals surface area contributed by atoms with Crippen LogP contribution in [0.3, 0.4) is 0 Å². The number of aliphatic hydroxyl groups is 1. The van der Waals surface area contributed by atoms with Crippen molar-refractivity contribution < 1.29 is 34.4 Å². The zero-order valence-electron chi connectivity index (χ0n) is 17.7. The SMILES string of the molecule is COc1ccc2c(C[C@H](NC(=O)N(CC(C)C)C[C@H](O)C(=O)O)C(=O)O)cccc2c1. The molecular weight excluding hydrogens is 404 g/mol. The van der Waals surface area contributed by atoms with Crippen LogP contribution in [-0.2, 0) is 16.0 Å². The first kappa shape index (κ1) is 23.9. The summed E-state index contributed by atoms with van der Waals surface area (Å²) >= 11 is 0. The number of nitrogens with one attached hydrogen (secondary N) is 1. The molecule has 2 aromatic rings. The van der Waals surface area contributed by atoms with Gasteiger partial charge in [-0.15, -0.1) is 0 Å². The summed E-state index contributed by atoms with van der Waals surface area (Å²) in [6, 6.07) is 8.93. The standard InChI is InChI=1S/C22H28N2O7/c1-13(2)11-24(12-19(25)21(28)29)22(30)23-18(20(26)27)10-15-6-4-5-14-9-16(31-3)7-8-17(14)15/h4-9,13,18-19,25H,10-12H2,1-3H3,(H,23,30)(H,26,27)(H,28,29)/t18-,19-/m0/s1. The minimum atomic E-state index is -1.76. The smallest absolute Gasteiger partial charge is 0.334 e. The number of ether oxygens (including phenoxy) is 1. The van der Waals surface area contributed by atoms with Crippen LogP contribution in [0.15, 0.2) is 36.4 Å². The number of benzene rings is 2. The van der Waals surface area contributed by atoms with Crippen LogP contribution in [-0.4, -0.2) is 70.5 Å². The summed E-state index contributed by atoms with van der Waals surface area (Å²) in [6.07, 6.45) is -1.73. The molecule has 31 heavy (non-hydrogen) atoms. The van der Waals surface area contributed by atoms with Crippen LogP contribution < -0.4 is 10.1 Å². The molecule has 0 spiro atoms. The Bertz CT molecular complexity index is 945. The summed E-state index contributed by atoms with van der Waals surface area (Å²) in [6.45, 7) is 3.37. The molecule has 0 heterocycles. The minimum absolute atomic E-state index is 0.0110. The van der Waals surface area contributed by atoms with Crippen molar-refractivity contribution in [2.24, 2.45) is 5.92 Å². The van der Waals surface area contributed by atoms with Gasteiger partial charge in [0.1, 0.15) is 11.8 Å². The maximum atomic E-state index is 12.7. The molecule has 0 radical (unpaired) electrons. The van der Waals surface area contributed by atoms with E-state index in [4.69, 9.17) is 9.84 Å². The number of carbonyl (C=O) groups is 3. The fourth-order valence-electron chi connectivity index (χ4n) is 3.26. The Labute approximate surface area is 180 Å². The fraction of sp³-hybridized carbons (Fsp3) is 0.409. The van der Waals surface area contributed by atoms with Crippen LogP contribution in [0.5, 0.6) is 5.75 Å². The Morgan fingerprint density at radius 3 is 2.35 bits per heavy atom. The van der Waals surface area contributed by atoms with Crippen molar-refractivity contribution in [1.29, 1.82) is 0 Å². The summed E-state index contributed by atoms with van der Waals surface area (Å²) in [5.74, 6) is -2.01. The topological polar surface area (TPSA) is 136 Å². The molecule has 9 nitrogen and oxygen atoms in total. The number of aliphatic carboxylic acids is 2. The highest BCUT2D eigenvalue weighted by Gasteiger charge is 2.27. The van der Waals surface area contributed by atoms with Crippen LogP contribution >= 0.6 is 0 Å². The Morgan fingerprint density at radius 2 is 1.77 bits per heavy atom. The van der Waals surface area contributed by atoms with Gasteiger partial charge in [-0.3, -0.25) is 0 Å². The molecule has 0 bridgehead atoms. The largest absolute Gasteiger partial charge is 0.497 e. The number of carbonyl (C=O) groups excluding carboxylic acids is 1. The van der Waals surface area contributed by atoms with E-state index in [9.17, 15) is 24.6 Å². The fourth-order valence-corrected chi connectivity index (χ4v) is 3.26. The van der Waals surface area contributed by atoms with Crippen molar-refractivity contribution in [3.8, 4) is 5.75 Å². The Balaban J connectivity index is 2.23. The zero-order valence-corrected chi connectivity index (χ0v) is 17.7. The number of urea groups is 1. The average molecular weight is 432 g/mol. The Morgan fingerprint density at radius 1 is 1.06 bits per heavy atom. The highest BCUT2D eigenvalue weighted by atomic mass is 16.5. The predicted molar refractivity (Wildman–Crippen MR) is 114 cm³/mol. The molecular formula is C22H28N2O7. The summed E-state index contributed by atoms with van der Waals surface area (Å²) in [5, 5.41) is 32.4. The summed E-state index contributed by atoms with van der Waals surface area (Å²) in [4.78, 5) is 36.7. The lowest BCUT2D eigenvalue weighted by Gasteiger charge is -2.27. The van der Waals surface area contributed by atoms with E-state index in [0.29, 0.717) is 5.75 Å². The number of carboxylic acid groups (broad SMARTS) is 2. The van der Waals surface area contributed by atoms with Crippen molar-refractivity contribution in [2.45, 2.75) is 32.4 Å². The van der Waals surface area contributed by atoms with Crippen LogP contribution in [0.4, 0.5) is 4.79 Å². The van der Waals surface area contributed by atoms with Gasteiger partial charge in [0.25, 0.3) is 0 Å². The minimum Gasteiger partial charge on any atom is -0.497 e. The average Bonchev–Trinajstić information content (AvgIpc) is 2.71. The van der Waals surface area contributed by atoms with E-state index in [1.165, 1.54) is 0 Å². The normalized spacial score (nSPS) is 12.9. The van der Waals surface area contributed by atoms with Crippen molar-refractivity contribution in [1.82, 2.24) is 10.2 Å². The van der Waals surface area contributed by atoms with E-state index in [0.717, 1.165) is 21.2 Å². The van der Waals surface area contributed by atoms with E-state index >= 15 is 0 Å². The number of hydrogen-bond acceptors (Lipinski definition) is 5. The highest BCUT2D eigenvalue weighted by Crippen LogP contribution is 2.24. The quantitative estimate of drug-likeness (QED) is 0.450. The van der Waals surface area contributed by atoms with Crippen molar-refractivity contribution >= 4 is 28.7 Å². The Kier molecular flexibility index (Phi) is 8.21. The zero-order chi connectivity index (χ0) is 23.1. The number of fused-ring (bicyclic) bond motifs is 1. The van der Waals surface area contributed by atoms with Gasteiger partial charge in [0.2, 0.25) is 0 Å². The second kappa shape index (κ2) is 10.6. The van der Waals surface area contributed by atoms with Crippen LogP contribution in [0.1, 0.15) is 19.4 Å². The van der Waals surface area contributed by atoms with Crippen molar-refractivity contribution in [3.63, 3.8) is 0 Å². The summed E-state index contributed by atoms with van der Waals surface area (Å²) in [7, 11) is 1.56. The van der Waals surface area contributed by atoms with E-state index in [1.807, 2.05) is 32.0 Å². The lowest BCUT2D eigenvalue weighted by molar-refractivity contribution is -0.147. The first-order valence-corrected chi connectivity index (χ1v) is 9.87. The van der Waals surface area contributed by atoms with Gasteiger partial charge in [-0.25, -0.2) is 14.4 Å². The molecule has 9 heteroatoms. The first-order chi connectivity index (χ1) is 14.6. The number of nitrogens with zero attached hydrogens (tertiary/aromatic N) is 1. The van der Waals surface area contributed by atoms with Gasteiger partial charge in [-0.2, -0.15) is 0 Å². The maximum Gasteiger partial charge on any atom is 0.334 e.